The van der Waals surface area contributed by atoms with Crippen LogP contribution in [-0.4, -0.2) is 5.11 Å². The first kappa shape index (κ1) is 17.6. The van der Waals surface area contributed by atoms with Crippen LogP contribution in [0.5, 0.6) is 5.75 Å². The van der Waals surface area contributed by atoms with Gasteiger partial charge in [-0.05, 0) is 43.4 Å². The maximum absolute atomic E-state index is 12.7. The number of nitrogen functional groups attached to an aromatic ring is 1. The van der Waals surface area contributed by atoms with Crippen LogP contribution < -0.4 is 11.4 Å². The molecule has 134 valence electrons. The lowest BCUT2D eigenvalue weighted by atomic mass is 9.85. The molecule has 0 fully saturated rings. The molecule has 0 radical (unpaired) electrons. The minimum Gasteiger partial charge on any atom is -0.507 e. The highest BCUT2D eigenvalue weighted by molar-refractivity contribution is 5.49. The number of rotatable bonds is 4. The highest BCUT2D eigenvalue weighted by Gasteiger charge is 2.26. The second-order valence-corrected chi connectivity index (χ2v) is 6.98. The van der Waals surface area contributed by atoms with Crippen molar-refractivity contribution in [3.05, 3.63) is 57.1 Å². The molecule has 1 aromatic carbocycles. The number of anilines is 1. The Morgan fingerprint density at radius 1 is 1.20 bits per heavy atom. The summed E-state index contributed by atoms with van der Waals surface area (Å²) >= 11 is 0. The van der Waals surface area contributed by atoms with Crippen LogP contribution in [0.15, 0.2) is 33.5 Å². The number of nitrogens with two attached hydrogens (primary N) is 1. The van der Waals surface area contributed by atoms with Crippen molar-refractivity contribution < 1.29 is 9.52 Å². The van der Waals surface area contributed by atoms with Crippen LogP contribution in [0.25, 0.3) is 0 Å². The van der Waals surface area contributed by atoms with Crippen molar-refractivity contribution in [2.45, 2.75) is 64.2 Å². The molecule has 25 heavy (non-hydrogen) atoms. The van der Waals surface area contributed by atoms with Gasteiger partial charge in [0.2, 0.25) is 0 Å². The molecule has 0 aliphatic heterocycles. The molecule has 2 aromatic rings. The van der Waals surface area contributed by atoms with Crippen molar-refractivity contribution in [2.75, 3.05) is 5.73 Å². The average molecular weight is 341 g/mol. The summed E-state index contributed by atoms with van der Waals surface area (Å²) in [6, 6.07) is 7.57. The molecule has 0 saturated carbocycles. The van der Waals surface area contributed by atoms with Gasteiger partial charge in [-0.3, -0.25) is 0 Å². The van der Waals surface area contributed by atoms with E-state index >= 15 is 0 Å². The standard InChI is InChI=1S/C21H27NO3/c1-2-8-16(14-9-7-10-15(22)13-14)19-20(23)17-11-5-3-4-6-12-18(17)25-21(19)24/h7,9-10,13,16,23H,2-6,8,11-12,22H2,1H3. The normalized spacial score (nSPS) is 15.9. The van der Waals surface area contributed by atoms with E-state index < -0.39 is 5.63 Å². The molecule has 3 N–H and O–H groups in total. The largest absolute Gasteiger partial charge is 0.507 e. The highest BCUT2D eigenvalue weighted by atomic mass is 16.4. The number of fused-ring (bicyclic) bond motifs is 1. The lowest BCUT2D eigenvalue weighted by Crippen LogP contribution is -2.18. The monoisotopic (exact) mass is 341 g/mol. The summed E-state index contributed by atoms with van der Waals surface area (Å²) in [6.07, 6.45) is 7.49. The number of aromatic hydroxyl groups is 1. The molecule has 1 heterocycles. The molecule has 3 rings (SSSR count). The second kappa shape index (κ2) is 7.77. The summed E-state index contributed by atoms with van der Waals surface area (Å²) < 4.78 is 5.68. The van der Waals surface area contributed by atoms with Gasteiger partial charge in [0.15, 0.2) is 0 Å². The Morgan fingerprint density at radius 2 is 1.96 bits per heavy atom. The Kier molecular flexibility index (Phi) is 5.47. The van der Waals surface area contributed by atoms with E-state index in [-0.39, 0.29) is 11.7 Å². The predicted molar refractivity (Wildman–Crippen MR) is 100 cm³/mol. The molecule has 0 saturated heterocycles. The van der Waals surface area contributed by atoms with Crippen LogP contribution in [0.2, 0.25) is 0 Å². The van der Waals surface area contributed by atoms with Gasteiger partial charge in [-0.25, -0.2) is 4.79 Å². The van der Waals surface area contributed by atoms with E-state index in [9.17, 15) is 9.90 Å². The van der Waals surface area contributed by atoms with Crippen LogP contribution >= 0.6 is 0 Å². The first-order chi connectivity index (χ1) is 12.1. The molecule has 0 bridgehead atoms. The first-order valence-corrected chi connectivity index (χ1v) is 9.35. The molecule has 0 spiro atoms. The van der Waals surface area contributed by atoms with E-state index in [1.807, 2.05) is 24.3 Å². The van der Waals surface area contributed by atoms with Crippen LogP contribution in [0.1, 0.15) is 73.8 Å². The quantitative estimate of drug-likeness (QED) is 0.802. The molecule has 4 heteroatoms. The summed E-state index contributed by atoms with van der Waals surface area (Å²) in [5, 5.41) is 11.0. The number of aryl methyl sites for hydroxylation is 1. The van der Waals surface area contributed by atoms with Crippen LogP contribution in [-0.2, 0) is 12.8 Å². The zero-order valence-corrected chi connectivity index (χ0v) is 14.9. The smallest absolute Gasteiger partial charge is 0.343 e. The lowest BCUT2D eigenvalue weighted by Gasteiger charge is -2.21. The fourth-order valence-electron chi connectivity index (χ4n) is 3.87. The van der Waals surface area contributed by atoms with Gasteiger partial charge in [0, 0.05) is 23.6 Å². The summed E-state index contributed by atoms with van der Waals surface area (Å²) in [7, 11) is 0. The predicted octanol–water partition coefficient (Wildman–Crippen LogP) is 4.52. The minimum absolute atomic E-state index is 0.147. The van der Waals surface area contributed by atoms with E-state index in [0.29, 0.717) is 17.0 Å². The Hall–Kier alpha value is -2.23. The Bertz CT molecular complexity index is 794. The molecule has 0 amide bonds. The summed E-state index contributed by atoms with van der Waals surface area (Å²) in [5.74, 6) is 0.628. The number of hydrogen-bond acceptors (Lipinski definition) is 4. The summed E-state index contributed by atoms with van der Waals surface area (Å²) in [6.45, 7) is 2.07. The first-order valence-electron chi connectivity index (χ1n) is 9.35. The lowest BCUT2D eigenvalue weighted by molar-refractivity contribution is 0.383. The maximum atomic E-state index is 12.7. The fraction of sp³-hybridized carbons (Fsp3) is 0.476. The Labute approximate surface area is 148 Å². The Balaban J connectivity index is 2.13. The van der Waals surface area contributed by atoms with Crippen molar-refractivity contribution >= 4 is 5.69 Å². The van der Waals surface area contributed by atoms with Crippen LogP contribution in [0, 0.1) is 0 Å². The molecule has 1 unspecified atom stereocenters. The zero-order chi connectivity index (χ0) is 17.8. The van der Waals surface area contributed by atoms with Crippen molar-refractivity contribution in [3.8, 4) is 5.75 Å². The van der Waals surface area contributed by atoms with Gasteiger partial charge in [0.1, 0.15) is 11.5 Å². The SMILES string of the molecule is CCCC(c1cccc(N)c1)c1c(O)c2c(oc1=O)CCCCCC2. The summed E-state index contributed by atoms with van der Waals surface area (Å²) in [5.41, 5.74) is 8.37. The van der Waals surface area contributed by atoms with Gasteiger partial charge in [-0.2, -0.15) is 0 Å². The van der Waals surface area contributed by atoms with E-state index in [0.717, 1.165) is 62.5 Å². The van der Waals surface area contributed by atoms with Gasteiger partial charge in [0.05, 0.1) is 5.56 Å². The van der Waals surface area contributed by atoms with Crippen molar-refractivity contribution in [1.29, 1.82) is 0 Å². The number of benzene rings is 1. The molecule has 1 atom stereocenters. The van der Waals surface area contributed by atoms with Gasteiger partial charge >= 0.3 is 5.63 Å². The second-order valence-electron chi connectivity index (χ2n) is 6.98. The minimum atomic E-state index is -0.405. The third-order valence-corrected chi connectivity index (χ3v) is 5.13. The highest BCUT2D eigenvalue weighted by Crippen LogP contribution is 2.37. The van der Waals surface area contributed by atoms with E-state index in [1.165, 1.54) is 0 Å². The zero-order valence-electron chi connectivity index (χ0n) is 14.9. The molecule has 4 nitrogen and oxygen atoms in total. The van der Waals surface area contributed by atoms with Crippen LogP contribution in [0.4, 0.5) is 5.69 Å². The molecule has 1 aromatic heterocycles. The maximum Gasteiger partial charge on any atom is 0.343 e. The van der Waals surface area contributed by atoms with Crippen LogP contribution in [0.3, 0.4) is 0 Å². The van der Waals surface area contributed by atoms with E-state index in [1.54, 1.807) is 0 Å². The third kappa shape index (κ3) is 3.73. The fourth-order valence-corrected chi connectivity index (χ4v) is 3.87. The van der Waals surface area contributed by atoms with Crippen molar-refractivity contribution in [3.63, 3.8) is 0 Å². The Morgan fingerprint density at radius 3 is 2.68 bits per heavy atom. The van der Waals surface area contributed by atoms with Gasteiger partial charge in [0.25, 0.3) is 0 Å². The molecule has 1 aliphatic carbocycles. The third-order valence-electron chi connectivity index (χ3n) is 5.13. The average Bonchev–Trinajstić information content (AvgIpc) is 2.56. The van der Waals surface area contributed by atoms with E-state index in [4.69, 9.17) is 10.2 Å². The summed E-state index contributed by atoms with van der Waals surface area (Å²) in [4.78, 5) is 12.7. The molecule has 1 aliphatic rings. The molecular weight excluding hydrogens is 314 g/mol. The van der Waals surface area contributed by atoms with E-state index in [2.05, 4.69) is 6.92 Å². The van der Waals surface area contributed by atoms with Gasteiger partial charge in [-0.1, -0.05) is 38.3 Å². The molecular formula is C21H27NO3. The van der Waals surface area contributed by atoms with Crippen molar-refractivity contribution in [1.82, 2.24) is 0 Å². The van der Waals surface area contributed by atoms with Gasteiger partial charge < -0.3 is 15.3 Å². The van der Waals surface area contributed by atoms with Gasteiger partial charge in [-0.15, -0.1) is 0 Å². The number of hydrogen-bond donors (Lipinski definition) is 2. The topological polar surface area (TPSA) is 76.5 Å². The van der Waals surface area contributed by atoms with Crippen molar-refractivity contribution in [2.24, 2.45) is 0 Å².